The van der Waals surface area contributed by atoms with E-state index in [1.807, 2.05) is 0 Å². The molecule has 1 N–H and O–H groups in total. The van der Waals surface area contributed by atoms with Gasteiger partial charge in [-0.25, -0.2) is 13.4 Å². The Balaban J connectivity index is 1.80. The monoisotopic (exact) mass is 472 g/mol. The van der Waals surface area contributed by atoms with Crippen LogP contribution < -0.4 is 10.9 Å². The predicted molar refractivity (Wildman–Crippen MR) is 116 cm³/mol. The third kappa shape index (κ3) is 5.03. The zero-order chi connectivity index (χ0) is 21.9. The van der Waals surface area contributed by atoms with E-state index in [4.69, 9.17) is 23.2 Å². The van der Waals surface area contributed by atoms with Gasteiger partial charge in [0.2, 0.25) is 15.9 Å². The average Bonchev–Trinajstić information content (AvgIpc) is 3.00. The molecule has 11 heteroatoms. The van der Waals surface area contributed by atoms with Crippen LogP contribution in [0.3, 0.4) is 0 Å². The molecule has 0 unspecified atom stereocenters. The lowest BCUT2D eigenvalue weighted by atomic mass is 10.2. The Kier molecular flexibility index (Phi) is 7.18. The standard InChI is InChI=1S/C19H22Cl2N4O4S/c1-13-6-7-14(10-15(13)30(28,29)25-8-4-2-3-5-9-25)23-16(26)11-24-12-22-18(21)17(20)19(24)27/h6-7,10,12H,2-5,8-9,11H2,1H3,(H,23,26). The first-order chi connectivity index (χ1) is 14.2. The Labute approximate surface area is 184 Å². The second-order valence-electron chi connectivity index (χ2n) is 7.13. The van der Waals surface area contributed by atoms with Crippen molar-refractivity contribution >= 4 is 44.8 Å². The van der Waals surface area contributed by atoms with Crippen molar-refractivity contribution in [2.45, 2.75) is 44.0 Å². The van der Waals surface area contributed by atoms with Gasteiger partial charge in [0.1, 0.15) is 11.6 Å². The van der Waals surface area contributed by atoms with Crippen LogP contribution in [0.2, 0.25) is 10.2 Å². The zero-order valence-corrected chi connectivity index (χ0v) is 18.7. The number of carbonyl (C=O) groups excluding carboxylic acids is 1. The van der Waals surface area contributed by atoms with Crippen molar-refractivity contribution in [3.05, 3.63) is 50.6 Å². The summed E-state index contributed by atoms with van der Waals surface area (Å²) in [5.74, 6) is -0.528. The van der Waals surface area contributed by atoms with Crippen LogP contribution >= 0.6 is 23.2 Å². The van der Waals surface area contributed by atoms with Gasteiger partial charge in [-0.1, -0.05) is 42.1 Å². The van der Waals surface area contributed by atoms with Crippen LogP contribution in [0.1, 0.15) is 31.2 Å². The molecule has 0 bridgehead atoms. The minimum atomic E-state index is -3.67. The molecule has 1 aromatic carbocycles. The molecule has 1 saturated heterocycles. The van der Waals surface area contributed by atoms with Gasteiger partial charge >= 0.3 is 0 Å². The lowest BCUT2D eigenvalue weighted by Crippen LogP contribution is -2.32. The maximum absolute atomic E-state index is 13.1. The minimum Gasteiger partial charge on any atom is -0.324 e. The van der Waals surface area contributed by atoms with E-state index in [0.29, 0.717) is 24.3 Å². The molecule has 0 radical (unpaired) electrons. The topological polar surface area (TPSA) is 101 Å². The Morgan fingerprint density at radius 2 is 1.83 bits per heavy atom. The highest BCUT2D eigenvalue weighted by atomic mass is 35.5. The van der Waals surface area contributed by atoms with Gasteiger partial charge in [0, 0.05) is 18.8 Å². The number of halogens is 2. The quantitative estimate of drug-likeness (QED) is 0.673. The number of hydrogen-bond donors (Lipinski definition) is 1. The van der Waals surface area contributed by atoms with Crippen molar-refractivity contribution in [1.82, 2.24) is 13.9 Å². The van der Waals surface area contributed by atoms with Crippen LogP contribution in [0.5, 0.6) is 0 Å². The third-order valence-electron chi connectivity index (χ3n) is 4.91. The summed E-state index contributed by atoms with van der Waals surface area (Å²) in [4.78, 5) is 28.4. The van der Waals surface area contributed by atoms with Crippen molar-refractivity contribution in [3.8, 4) is 0 Å². The zero-order valence-electron chi connectivity index (χ0n) is 16.4. The van der Waals surface area contributed by atoms with Crippen molar-refractivity contribution in [1.29, 1.82) is 0 Å². The van der Waals surface area contributed by atoms with E-state index in [2.05, 4.69) is 10.3 Å². The van der Waals surface area contributed by atoms with Crippen LogP contribution in [-0.2, 0) is 21.4 Å². The van der Waals surface area contributed by atoms with E-state index in [-0.39, 0.29) is 21.6 Å². The predicted octanol–water partition coefficient (Wildman–Crippen LogP) is 3.06. The number of hydrogen-bond acceptors (Lipinski definition) is 5. The summed E-state index contributed by atoms with van der Waals surface area (Å²) in [6.45, 7) is 2.36. The van der Waals surface area contributed by atoms with Gasteiger partial charge in [-0.05, 0) is 37.5 Å². The molecule has 1 aliphatic rings. The summed E-state index contributed by atoms with van der Waals surface area (Å²) < 4.78 is 28.8. The van der Waals surface area contributed by atoms with Crippen molar-refractivity contribution in [3.63, 3.8) is 0 Å². The number of carbonyl (C=O) groups is 1. The fourth-order valence-electron chi connectivity index (χ4n) is 3.29. The molecule has 8 nitrogen and oxygen atoms in total. The summed E-state index contributed by atoms with van der Waals surface area (Å²) >= 11 is 11.5. The van der Waals surface area contributed by atoms with Gasteiger partial charge in [0.15, 0.2) is 5.15 Å². The third-order valence-corrected chi connectivity index (χ3v) is 7.67. The summed E-state index contributed by atoms with van der Waals surface area (Å²) in [5, 5.41) is 2.21. The smallest absolute Gasteiger partial charge is 0.274 e. The molecule has 3 rings (SSSR count). The number of amides is 1. The van der Waals surface area contributed by atoms with Crippen molar-refractivity contribution < 1.29 is 13.2 Å². The molecule has 30 heavy (non-hydrogen) atoms. The molecule has 2 aromatic rings. The number of benzene rings is 1. The highest BCUT2D eigenvalue weighted by molar-refractivity contribution is 7.89. The average molecular weight is 473 g/mol. The molecule has 0 aliphatic carbocycles. The molecule has 0 spiro atoms. The van der Waals surface area contributed by atoms with Gasteiger partial charge in [-0.3, -0.25) is 14.2 Å². The minimum absolute atomic E-state index is 0.139. The number of rotatable bonds is 5. The van der Waals surface area contributed by atoms with Gasteiger partial charge < -0.3 is 5.32 Å². The van der Waals surface area contributed by atoms with E-state index in [9.17, 15) is 18.0 Å². The van der Waals surface area contributed by atoms with Gasteiger partial charge in [-0.2, -0.15) is 4.31 Å². The van der Waals surface area contributed by atoms with E-state index in [1.165, 1.54) is 10.4 Å². The Hall–Kier alpha value is -1.94. The molecule has 2 heterocycles. The van der Waals surface area contributed by atoms with Crippen LogP contribution in [0, 0.1) is 6.92 Å². The van der Waals surface area contributed by atoms with E-state index in [0.717, 1.165) is 36.6 Å². The fourth-order valence-corrected chi connectivity index (χ4v) is 5.34. The molecule has 0 saturated carbocycles. The largest absolute Gasteiger partial charge is 0.324 e. The van der Waals surface area contributed by atoms with Crippen molar-refractivity contribution in [2.24, 2.45) is 0 Å². The molecule has 1 aliphatic heterocycles. The summed E-state index contributed by atoms with van der Waals surface area (Å²) in [6.07, 6.45) is 4.83. The second-order valence-corrected chi connectivity index (χ2v) is 9.77. The highest BCUT2D eigenvalue weighted by Crippen LogP contribution is 2.26. The lowest BCUT2D eigenvalue weighted by Gasteiger charge is -2.21. The number of sulfonamides is 1. The van der Waals surface area contributed by atoms with Crippen LogP contribution in [0.25, 0.3) is 0 Å². The SMILES string of the molecule is Cc1ccc(NC(=O)Cn2cnc(Cl)c(Cl)c2=O)cc1S(=O)(=O)N1CCCCCC1. The summed E-state index contributed by atoms with van der Waals surface area (Å²) in [7, 11) is -3.67. The molecule has 1 aromatic heterocycles. The number of aryl methyl sites for hydroxylation is 1. The number of nitrogens with zero attached hydrogens (tertiary/aromatic N) is 3. The van der Waals surface area contributed by atoms with Crippen LogP contribution in [0.15, 0.2) is 34.2 Å². The van der Waals surface area contributed by atoms with E-state index in [1.54, 1.807) is 19.1 Å². The van der Waals surface area contributed by atoms with Gasteiger partial charge in [-0.15, -0.1) is 0 Å². The number of nitrogens with one attached hydrogen (secondary N) is 1. The first-order valence-electron chi connectivity index (χ1n) is 9.51. The van der Waals surface area contributed by atoms with Crippen LogP contribution in [0.4, 0.5) is 5.69 Å². The summed E-state index contributed by atoms with van der Waals surface area (Å²) in [6, 6.07) is 4.71. The maximum Gasteiger partial charge on any atom is 0.274 e. The normalized spacial score (nSPS) is 15.6. The Bertz CT molecular complexity index is 1110. The van der Waals surface area contributed by atoms with Crippen LogP contribution in [-0.4, -0.2) is 41.3 Å². The van der Waals surface area contributed by atoms with E-state index < -0.39 is 21.5 Å². The lowest BCUT2D eigenvalue weighted by molar-refractivity contribution is -0.116. The first kappa shape index (κ1) is 22.7. The fraction of sp³-hybridized carbons (Fsp3) is 0.421. The molecular weight excluding hydrogens is 451 g/mol. The second kappa shape index (κ2) is 9.47. The molecular formula is C19H22Cl2N4O4S. The van der Waals surface area contributed by atoms with Gasteiger partial charge in [0.05, 0.1) is 11.2 Å². The molecule has 162 valence electrons. The first-order valence-corrected chi connectivity index (χ1v) is 11.7. The Morgan fingerprint density at radius 3 is 2.50 bits per heavy atom. The molecule has 1 fully saturated rings. The molecule has 1 amide bonds. The van der Waals surface area contributed by atoms with E-state index >= 15 is 0 Å². The van der Waals surface area contributed by atoms with Crippen molar-refractivity contribution in [2.75, 3.05) is 18.4 Å². The summed E-state index contributed by atoms with van der Waals surface area (Å²) in [5.41, 5.74) is 0.280. The number of aromatic nitrogens is 2. The van der Waals surface area contributed by atoms with Gasteiger partial charge in [0.25, 0.3) is 5.56 Å². The number of anilines is 1. The maximum atomic E-state index is 13.1. The molecule has 0 atom stereocenters. The highest BCUT2D eigenvalue weighted by Gasteiger charge is 2.27. The Morgan fingerprint density at radius 1 is 1.17 bits per heavy atom.